The van der Waals surface area contributed by atoms with Crippen LogP contribution in [0.1, 0.15) is 11.1 Å². The summed E-state index contributed by atoms with van der Waals surface area (Å²) in [7, 11) is 1.51. The fraction of sp³-hybridized carbons (Fsp3) is 0.217. The van der Waals surface area contributed by atoms with Gasteiger partial charge in [-0.25, -0.2) is 10.2 Å². The van der Waals surface area contributed by atoms with Crippen molar-refractivity contribution in [3.8, 4) is 5.75 Å². The molecule has 0 bridgehead atoms. The first-order valence-corrected chi connectivity index (χ1v) is 10.3. The molecular formula is C23H24N6O4. The second-order valence-electron chi connectivity index (χ2n) is 7.55. The first kappa shape index (κ1) is 22.0. The molecule has 33 heavy (non-hydrogen) atoms. The summed E-state index contributed by atoms with van der Waals surface area (Å²) < 4.78 is 8.46. The predicted molar refractivity (Wildman–Crippen MR) is 126 cm³/mol. The highest BCUT2D eigenvalue weighted by molar-refractivity contribution is 5.80. The lowest BCUT2D eigenvalue weighted by Gasteiger charge is -2.16. The summed E-state index contributed by atoms with van der Waals surface area (Å²) in [5.74, 6) is 0.872. The van der Waals surface area contributed by atoms with Gasteiger partial charge in [0.25, 0.3) is 5.56 Å². The molecule has 10 heteroatoms. The van der Waals surface area contributed by atoms with E-state index in [4.69, 9.17) is 4.74 Å². The molecule has 4 rings (SSSR count). The number of anilines is 1. The first-order chi connectivity index (χ1) is 15.9. The lowest BCUT2D eigenvalue weighted by Crippen LogP contribution is -2.30. The summed E-state index contributed by atoms with van der Waals surface area (Å²) in [5.41, 5.74) is 3.76. The lowest BCUT2D eigenvalue weighted by molar-refractivity contribution is 0.0935. The van der Waals surface area contributed by atoms with E-state index >= 15 is 0 Å². The van der Waals surface area contributed by atoms with Crippen LogP contribution in [0.25, 0.3) is 11.2 Å². The van der Waals surface area contributed by atoms with Crippen molar-refractivity contribution in [1.82, 2.24) is 19.1 Å². The number of fused-ring (bicyclic) bond motifs is 1. The molecule has 0 spiro atoms. The molecule has 2 heterocycles. The Labute approximate surface area is 188 Å². The molecule has 0 fully saturated rings. The number of ether oxygens (including phenoxy) is 1. The number of nitrogens with zero attached hydrogens (tertiary/aromatic N) is 4. The van der Waals surface area contributed by atoms with E-state index in [2.05, 4.69) is 20.5 Å². The Bertz CT molecular complexity index is 1400. The fourth-order valence-corrected chi connectivity index (χ4v) is 3.37. The Morgan fingerprint density at radius 3 is 2.67 bits per heavy atom. The number of nitrogens with one attached hydrogen (secondary N) is 2. The molecular weight excluding hydrogens is 424 g/mol. The number of aromatic nitrogens is 4. The highest BCUT2D eigenvalue weighted by Gasteiger charge is 2.20. The van der Waals surface area contributed by atoms with Crippen LogP contribution in [0.15, 0.2) is 69.3 Å². The third-order valence-corrected chi connectivity index (χ3v) is 5.10. The quantitative estimate of drug-likeness (QED) is 0.278. The van der Waals surface area contributed by atoms with Gasteiger partial charge >= 0.3 is 5.69 Å². The van der Waals surface area contributed by atoms with Crippen molar-refractivity contribution in [2.24, 2.45) is 12.1 Å². The summed E-state index contributed by atoms with van der Waals surface area (Å²) >= 11 is 0. The van der Waals surface area contributed by atoms with Crippen molar-refractivity contribution in [2.75, 3.05) is 12.0 Å². The smallest absolute Gasteiger partial charge is 0.329 e. The van der Waals surface area contributed by atoms with Gasteiger partial charge in [-0.1, -0.05) is 48.5 Å². The Morgan fingerprint density at radius 2 is 1.91 bits per heavy atom. The summed E-state index contributed by atoms with van der Waals surface area (Å²) in [4.78, 5) is 31.3. The number of hydrogen-bond acceptors (Lipinski definition) is 7. The monoisotopic (exact) mass is 448 g/mol. The van der Waals surface area contributed by atoms with Crippen LogP contribution in [0.3, 0.4) is 0 Å². The lowest BCUT2D eigenvalue weighted by atomic mass is 10.2. The predicted octanol–water partition coefficient (Wildman–Crippen LogP) is 1.62. The first-order valence-electron chi connectivity index (χ1n) is 10.3. The van der Waals surface area contributed by atoms with E-state index in [1.807, 2.05) is 61.5 Å². The minimum absolute atomic E-state index is 0.000911. The van der Waals surface area contributed by atoms with Crippen LogP contribution in [0, 0.1) is 6.92 Å². The topological polar surface area (TPSA) is 127 Å². The van der Waals surface area contributed by atoms with Crippen molar-refractivity contribution in [1.29, 1.82) is 0 Å². The molecule has 10 nitrogen and oxygen atoms in total. The molecule has 0 aliphatic heterocycles. The van der Waals surface area contributed by atoms with Crippen LogP contribution in [0.4, 0.5) is 5.95 Å². The Balaban J connectivity index is 1.63. The summed E-state index contributed by atoms with van der Waals surface area (Å²) in [5, 5.41) is 14.8. The summed E-state index contributed by atoms with van der Waals surface area (Å²) in [6.45, 7) is 1.91. The zero-order chi connectivity index (χ0) is 23.4. The van der Waals surface area contributed by atoms with E-state index in [1.165, 1.54) is 16.2 Å². The van der Waals surface area contributed by atoms with Gasteiger partial charge in [0.2, 0.25) is 5.95 Å². The van der Waals surface area contributed by atoms with Crippen molar-refractivity contribution >= 4 is 23.3 Å². The number of hydrogen-bond donors (Lipinski definition) is 3. The van der Waals surface area contributed by atoms with Crippen LogP contribution in [-0.4, -0.2) is 43.1 Å². The molecule has 2 aromatic heterocycles. The number of para-hydroxylation sites is 1. The number of rotatable bonds is 8. The molecule has 0 saturated heterocycles. The Kier molecular flexibility index (Phi) is 6.36. The molecule has 0 saturated carbocycles. The number of imidazole rings is 1. The second-order valence-corrected chi connectivity index (χ2v) is 7.55. The molecule has 0 radical (unpaired) electrons. The number of benzene rings is 2. The van der Waals surface area contributed by atoms with E-state index < -0.39 is 17.4 Å². The standard InChI is InChI=1S/C23H24N6O4/c1-15-8-6-7-11-18(15)33-14-17(30)13-29-19-20(28(2)23(32)26-21(19)31)25-22(29)27-24-12-16-9-4-3-5-10-16/h3-12,17,30H,13-14H2,1-2H3,(H,25,27)(H,26,31,32)/b24-12-/t17-/m0/s1. The van der Waals surface area contributed by atoms with Crippen molar-refractivity contribution in [3.05, 3.63) is 86.6 Å². The van der Waals surface area contributed by atoms with Crippen LogP contribution in [0.5, 0.6) is 5.75 Å². The van der Waals surface area contributed by atoms with Crippen LogP contribution in [0.2, 0.25) is 0 Å². The minimum Gasteiger partial charge on any atom is -0.491 e. The number of H-pyrrole nitrogens is 1. The molecule has 0 amide bonds. The van der Waals surface area contributed by atoms with E-state index in [0.29, 0.717) is 5.75 Å². The van der Waals surface area contributed by atoms with E-state index in [-0.39, 0.29) is 30.3 Å². The van der Waals surface area contributed by atoms with Gasteiger partial charge < -0.3 is 14.4 Å². The van der Waals surface area contributed by atoms with E-state index in [9.17, 15) is 14.7 Å². The van der Waals surface area contributed by atoms with Crippen molar-refractivity contribution in [3.63, 3.8) is 0 Å². The van der Waals surface area contributed by atoms with Crippen molar-refractivity contribution < 1.29 is 9.84 Å². The molecule has 2 aromatic carbocycles. The second kappa shape index (κ2) is 9.53. The molecule has 1 atom stereocenters. The average Bonchev–Trinajstić information content (AvgIpc) is 3.16. The highest BCUT2D eigenvalue weighted by atomic mass is 16.5. The van der Waals surface area contributed by atoms with Crippen LogP contribution >= 0.6 is 0 Å². The Hall–Kier alpha value is -4.18. The molecule has 0 aliphatic carbocycles. The SMILES string of the molecule is Cc1ccccc1OC[C@@H](O)Cn1c(N/N=C\c2ccccc2)nc2c1c(=O)[nH]c(=O)n2C. The van der Waals surface area contributed by atoms with Crippen LogP contribution < -0.4 is 21.4 Å². The molecule has 3 N–H and O–H groups in total. The maximum absolute atomic E-state index is 12.6. The zero-order valence-electron chi connectivity index (χ0n) is 18.2. The van der Waals surface area contributed by atoms with Gasteiger partial charge in [0.1, 0.15) is 18.5 Å². The number of hydrazone groups is 1. The summed E-state index contributed by atoms with van der Waals surface area (Å²) in [6, 6.07) is 16.9. The normalized spacial score (nSPS) is 12.3. The summed E-state index contributed by atoms with van der Waals surface area (Å²) in [6.07, 6.45) is 0.641. The van der Waals surface area contributed by atoms with E-state index in [1.54, 1.807) is 6.21 Å². The minimum atomic E-state index is -0.961. The number of aliphatic hydroxyl groups is 1. The van der Waals surface area contributed by atoms with Gasteiger partial charge in [-0.2, -0.15) is 10.1 Å². The third kappa shape index (κ3) is 4.85. The maximum atomic E-state index is 12.6. The highest BCUT2D eigenvalue weighted by Crippen LogP contribution is 2.18. The fourth-order valence-electron chi connectivity index (χ4n) is 3.37. The zero-order valence-corrected chi connectivity index (χ0v) is 18.2. The average molecular weight is 448 g/mol. The Morgan fingerprint density at radius 1 is 1.18 bits per heavy atom. The van der Waals surface area contributed by atoms with Gasteiger partial charge in [0.15, 0.2) is 11.2 Å². The molecule has 0 aliphatic rings. The number of aromatic amines is 1. The van der Waals surface area contributed by atoms with Gasteiger partial charge in [-0.05, 0) is 24.1 Å². The molecule has 0 unspecified atom stereocenters. The largest absolute Gasteiger partial charge is 0.491 e. The van der Waals surface area contributed by atoms with Gasteiger partial charge in [0, 0.05) is 7.05 Å². The number of aryl methyl sites for hydroxylation is 2. The third-order valence-electron chi connectivity index (χ3n) is 5.10. The van der Waals surface area contributed by atoms with Crippen molar-refractivity contribution in [2.45, 2.75) is 19.6 Å². The molecule has 4 aromatic rings. The van der Waals surface area contributed by atoms with E-state index in [0.717, 1.165) is 11.1 Å². The number of aliphatic hydroxyl groups excluding tert-OH is 1. The van der Waals surface area contributed by atoms with Crippen LogP contribution in [-0.2, 0) is 13.6 Å². The van der Waals surface area contributed by atoms with Gasteiger partial charge in [-0.3, -0.25) is 14.3 Å². The van der Waals surface area contributed by atoms with Gasteiger partial charge in [-0.15, -0.1) is 0 Å². The van der Waals surface area contributed by atoms with Gasteiger partial charge in [0.05, 0.1) is 12.8 Å². The maximum Gasteiger partial charge on any atom is 0.329 e. The molecule has 170 valence electrons.